The SMILES string of the molecule is CC(=O)c1c[nH]c(C(=O)OCC(=O)NCc2ccccc2C)c1. The van der Waals surface area contributed by atoms with Gasteiger partial charge in [0, 0.05) is 18.3 Å². The van der Waals surface area contributed by atoms with Gasteiger partial charge in [0.2, 0.25) is 0 Å². The van der Waals surface area contributed by atoms with E-state index in [1.165, 1.54) is 19.2 Å². The van der Waals surface area contributed by atoms with E-state index >= 15 is 0 Å². The number of aromatic nitrogens is 1. The summed E-state index contributed by atoms with van der Waals surface area (Å²) in [6, 6.07) is 9.10. The minimum absolute atomic E-state index is 0.141. The Morgan fingerprint density at radius 2 is 1.96 bits per heavy atom. The zero-order valence-corrected chi connectivity index (χ0v) is 13.0. The van der Waals surface area contributed by atoms with Crippen molar-refractivity contribution >= 4 is 17.7 Å². The summed E-state index contributed by atoms with van der Waals surface area (Å²) in [5.74, 6) is -1.22. The van der Waals surface area contributed by atoms with Crippen LogP contribution in [0.1, 0.15) is 38.9 Å². The predicted octanol–water partition coefficient (Wildman–Crippen LogP) is 2.00. The molecular formula is C17H18N2O4. The molecule has 0 spiro atoms. The van der Waals surface area contributed by atoms with E-state index in [4.69, 9.17) is 4.74 Å². The maximum absolute atomic E-state index is 11.8. The number of amides is 1. The van der Waals surface area contributed by atoms with Crippen molar-refractivity contribution in [1.29, 1.82) is 0 Å². The van der Waals surface area contributed by atoms with E-state index in [1.807, 2.05) is 31.2 Å². The van der Waals surface area contributed by atoms with Gasteiger partial charge in [-0.2, -0.15) is 0 Å². The summed E-state index contributed by atoms with van der Waals surface area (Å²) >= 11 is 0. The van der Waals surface area contributed by atoms with Crippen molar-refractivity contribution in [2.45, 2.75) is 20.4 Å². The number of ether oxygens (including phenoxy) is 1. The Hall–Kier alpha value is -2.89. The number of H-pyrrole nitrogens is 1. The van der Waals surface area contributed by atoms with Gasteiger partial charge < -0.3 is 15.0 Å². The first-order valence-corrected chi connectivity index (χ1v) is 7.15. The van der Waals surface area contributed by atoms with Gasteiger partial charge in [-0.25, -0.2) is 4.79 Å². The fraction of sp³-hybridized carbons (Fsp3) is 0.235. The van der Waals surface area contributed by atoms with Crippen LogP contribution in [0.25, 0.3) is 0 Å². The molecule has 23 heavy (non-hydrogen) atoms. The van der Waals surface area contributed by atoms with Crippen molar-refractivity contribution in [2.75, 3.05) is 6.61 Å². The van der Waals surface area contributed by atoms with E-state index < -0.39 is 5.97 Å². The Kier molecular flexibility index (Phi) is 5.30. The van der Waals surface area contributed by atoms with Crippen LogP contribution in [0.4, 0.5) is 0 Å². The van der Waals surface area contributed by atoms with Crippen molar-refractivity contribution in [2.24, 2.45) is 0 Å². The lowest BCUT2D eigenvalue weighted by molar-refractivity contribution is -0.124. The molecule has 0 unspecified atom stereocenters. The fourth-order valence-corrected chi connectivity index (χ4v) is 1.98. The van der Waals surface area contributed by atoms with Crippen molar-refractivity contribution in [3.05, 3.63) is 58.9 Å². The Morgan fingerprint density at radius 1 is 1.22 bits per heavy atom. The molecule has 0 aliphatic rings. The molecule has 0 aliphatic carbocycles. The molecular weight excluding hydrogens is 296 g/mol. The molecule has 0 radical (unpaired) electrons. The zero-order valence-electron chi connectivity index (χ0n) is 13.0. The van der Waals surface area contributed by atoms with Crippen LogP contribution in [0.3, 0.4) is 0 Å². The summed E-state index contributed by atoms with van der Waals surface area (Å²) in [7, 11) is 0. The molecule has 120 valence electrons. The highest BCUT2D eigenvalue weighted by Crippen LogP contribution is 2.07. The number of rotatable bonds is 6. The standard InChI is InChI=1S/C17H18N2O4/c1-11-5-3-4-6-13(11)8-19-16(21)10-23-17(22)15-7-14(9-18-15)12(2)20/h3-7,9,18H,8,10H2,1-2H3,(H,19,21). The number of hydrogen-bond donors (Lipinski definition) is 2. The summed E-state index contributed by atoms with van der Waals surface area (Å²) in [4.78, 5) is 37.3. The van der Waals surface area contributed by atoms with Crippen LogP contribution in [-0.4, -0.2) is 29.3 Å². The van der Waals surface area contributed by atoms with Crippen molar-refractivity contribution < 1.29 is 19.1 Å². The van der Waals surface area contributed by atoms with Gasteiger partial charge in [0.25, 0.3) is 5.91 Å². The minimum Gasteiger partial charge on any atom is -0.451 e. The number of aromatic amines is 1. The van der Waals surface area contributed by atoms with E-state index in [0.717, 1.165) is 11.1 Å². The maximum Gasteiger partial charge on any atom is 0.355 e. The number of ketones is 1. The van der Waals surface area contributed by atoms with Gasteiger partial charge in [-0.05, 0) is 31.0 Å². The summed E-state index contributed by atoms with van der Waals surface area (Å²) < 4.78 is 4.91. The van der Waals surface area contributed by atoms with E-state index in [9.17, 15) is 14.4 Å². The zero-order chi connectivity index (χ0) is 16.8. The summed E-state index contributed by atoms with van der Waals surface area (Å²) in [5, 5.41) is 2.69. The number of Topliss-reactive ketones (excluding diaryl/α,β-unsaturated/α-hetero) is 1. The van der Waals surface area contributed by atoms with Crippen LogP contribution < -0.4 is 5.32 Å². The van der Waals surface area contributed by atoms with Gasteiger partial charge in [-0.3, -0.25) is 9.59 Å². The molecule has 0 bridgehead atoms. The number of carbonyl (C=O) groups is 3. The van der Waals surface area contributed by atoms with Crippen LogP contribution in [-0.2, 0) is 16.1 Å². The van der Waals surface area contributed by atoms with Gasteiger partial charge in [-0.1, -0.05) is 24.3 Å². The van der Waals surface area contributed by atoms with Crippen LogP contribution in [0.2, 0.25) is 0 Å². The maximum atomic E-state index is 11.8. The molecule has 0 saturated heterocycles. The number of hydrogen-bond acceptors (Lipinski definition) is 4. The van der Waals surface area contributed by atoms with E-state index in [2.05, 4.69) is 10.3 Å². The summed E-state index contributed by atoms with van der Waals surface area (Å²) in [6.07, 6.45) is 1.43. The molecule has 0 fully saturated rings. The third-order valence-electron chi connectivity index (χ3n) is 3.38. The Labute approximate surface area is 133 Å². The number of benzene rings is 1. The summed E-state index contributed by atoms with van der Waals surface area (Å²) in [6.45, 7) is 3.36. The molecule has 2 rings (SSSR count). The van der Waals surface area contributed by atoms with E-state index in [0.29, 0.717) is 12.1 Å². The van der Waals surface area contributed by atoms with Crippen molar-refractivity contribution in [3.8, 4) is 0 Å². The third-order valence-corrected chi connectivity index (χ3v) is 3.38. The Bertz CT molecular complexity index is 734. The van der Waals surface area contributed by atoms with Gasteiger partial charge in [0.1, 0.15) is 5.69 Å². The smallest absolute Gasteiger partial charge is 0.355 e. The Balaban J connectivity index is 1.80. The molecule has 1 heterocycles. The lowest BCUT2D eigenvalue weighted by atomic mass is 10.1. The van der Waals surface area contributed by atoms with E-state index in [-0.39, 0.29) is 24.0 Å². The lowest BCUT2D eigenvalue weighted by Gasteiger charge is -2.08. The molecule has 6 heteroatoms. The molecule has 0 saturated carbocycles. The normalized spacial score (nSPS) is 10.2. The largest absolute Gasteiger partial charge is 0.451 e. The lowest BCUT2D eigenvalue weighted by Crippen LogP contribution is -2.28. The number of carbonyl (C=O) groups excluding carboxylic acids is 3. The first-order chi connectivity index (χ1) is 11.0. The van der Waals surface area contributed by atoms with Crippen molar-refractivity contribution in [1.82, 2.24) is 10.3 Å². The molecule has 1 amide bonds. The monoisotopic (exact) mass is 314 g/mol. The highest BCUT2D eigenvalue weighted by Gasteiger charge is 2.13. The van der Waals surface area contributed by atoms with Crippen LogP contribution >= 0.6 is 0 Å². The molecule has 0 aliphatic heterocycles. The van der Waals surface area contributed by atoms with Gasteiger partial charge in [0.05, 0.1) is 0 Å². The number of nitrogens with one attached hydrogen (secondary N) is 2. The average molecular weight is 314 g/mol. The van der Waals surface area contributed by atoms with E-state index in [1.54, 1.807) is 0 Å². The Morgan fingerprint density at radius 3 is 2.61 bits per heavy atom. The second kappa shape index (κ2) is 7.40. The molecule has 1 aromatic heterocycles. The average Bonchev–Trinajstić information content (AvgIpc) is 3.02. The molecule has 0 atom stereocenters. The molecule has 2 N–H and O–H groups in total. The van der Waals surface area contributed by atoms with Crippen LogP contribution in [0.15, 0.2) is 36.5 Å². The fourth-order valence-electron chi connectivity index (χ4n) is 1.98. The predicted molar refractivity (Wildman–Crippen MR) is 84.1 cm³/mol. The highest BCUT2D eigenvalue weighted by molar-refractivity contribution is 5.97. The molecule has 6 nitrogen and oxygen atoms in total. The van der Waals surface area contributed by atoms with Gasteiger partial charge >= 0.3 is 5.97 Å². The molecule has 1 aromatic carbocycles. The highest BCUT2D eigenvalue weighted by atomic mass is 16.5. The quantitative estimate of drug-likeness (QED) is 0.630. The topological polar surface area (TPSA) is 88.3 Å². The molecule has 2 aromatic rings. The van der Waals surface area contributed by atoms with Gasteiger partial charge in [0.15, 0.2) is 12.4 Å². The minimum atomic E-state index is -0.677. The van der Waals surface area contributed by atoms with Crippen molar-refractivity contribution in [3.63, 3.8) is 0 Å². The summed E-state index contributed by atoms with van der Waals surface area (Å²) in [5.41, 5.74) is 2.61. The second-order valence-electron chi connectivity index (χ2n) is 5.14. The third kappa shape index (κ3) is 4.54. The first kappa shape index (κ1) is 16.5. The first-order valence-electron chi connectivity index (χ1n) is 7.15. The van der Waals surface area contributed by atoms with Crippen LogP contribution in [0.5, 0.6) is 0 Å². The number of aryl methyl sites for hydroxylation is 1. The number of esters is 1. The second-order valence-corrected chi connectivity index (χ2v) is 5.14. The van der Waals surface area contributed by atoms with Crippen LogP contribution in [0, 0.1) is 6.92 Å². The van der Waals surface area contributed by atoms with Gasteiger partial charge in [-0.15, -0.1) is 0 Å².